The molecule has 2 unspecified atom stereocenters. The van der Waals surface area contributed by atoms with Crippen molar-refractivity contribution < 1.29 is 24.5 Å². The van der Waals surface area contributed by atoms with Crippen molar-refractivity contribution in [1.29, 1.82) is 0 Å². The largest absolute Gasteiger partial charge is 0.466 e. The number of aliphatic hydroxyl groups excluding tert-OH is 2. The van der Waals surface area contributed by atoms with Gasteiger partial charge in [-0.25, -0.2) is 0 Å². The summed E-state index contributed by atoms with van der Waals surface area (Å²) in [6.07, 6.45) is 66.4. The van der Waals surface area contributed by atoms with Crippen LogP contribution in [0.15, 0.2) is 24.3 Å². The van der Waals surface area contributed by atoms with Crippen LogP contribution in [0.3, 0.4) is 0 Å². The molecule has 0 saturated heterocycles. The van der Waals surface area contributed by atoms with Gasteiger partial charge in [0.15, 0.2) is 0 Å². The van der Waals surface area contributed by atoms with Crippen molar-refractivity contribution in [2.75, 3.05) is 13.2 Å². The number of aliphatic hydroxyl groups is 2. The van der Waals surface area contributed by atoms with Crippen LogP contribution in [0.4, 0.5) is 0 Å². The molecule has 0 heterocycles. The lowest BCUT2D eigenvalue weighted by Gasteiger charge is -2.20. The lowest BCUT2D eigenvalue weighted by atomic mass is 10.0. The molecule has 0 spiro atoms. The molecule has 6 nitrogen and oxygen atoms in total. The molecule has 2 atom stereocenters. The molecule has 0 aliphatic rings. The minimum atomic E-state index is -0.842. The smallest absolute Gasteiger partial charge is 0.305 e. The Hall–Kier alpha value is -1.66. The summed E-state index contributed by atoms with van der Waals surface area (Å²) in [4.78, 5) is 24.5. The molecular weight excluding hydrogens is 803 g/mol. The van der Waals surface area contributed by atoms with Gasteiger partial charge in [-0.2, -0.15) is 0 Å². The first-order valence-electron chi connectivity index (χ1n) is 29.1. The molecule has 6 heteroatoms. The van der Waals surface area contributed by atoms with Gasteiger partial charge in [0.2, 0.25) is 5.91 Å². The van der Waals surface area contributed by atoms with Gasteiger partial charge < -0.3 is 20.3 Å². The quantitative estimate of drug-likeness (QED) is 0.0321. The molecule has 3 N–H and O–H groups in total. The van der Waals surface area contributed by atoms with E-state index in [-0.39, 0.29) is 18.5 Å². The highest BCUT2D eigenvalue weighted by Gasteiger charge is 2.18. The number of amides is 1. The number of hydrogen-bond donors (Lipinski definition) is 3. The highest BCUT2D eigenvalue weighted by molar-refractivity contribution is 5.76. The topological polar surface area (TPSA) is 95.9 Å². The lowest BCUT2D eigenvalue weighted by Crippen LogP contribution is -2.45. The van der Waals surface area contributed by atoms with Gasteiger partial charge in [-0.05, 0) is 57.8 Å². The van der Waals surface area contributed by atoms with Crippen molar-refractivity contribution in [2.24, 2.45) is 0 Å². The number of carbonyl (C=O) groups is 2. The van der Waals surface area contributed by atoms with E-state index in [9.17, 15) is 19.8 Å². The van der Waals surface area contributed by atoms with E-state index in [1.165, 1.54) is 244 Å². The van der Waals surface area contributed by atoms with Crippen LogP contribution in [0, 0.1) is 0 Å². The SMILES string of the molecule is CCCCCCCCC/C=C\CCCCCCCC(=O)OCCCCCCCCCCCCCCCCCCCCCCCCC(=O)NC(CO)C(O)/C=C/CCCCCCCCCC. The molecule has 1 amide bonds. The fourth-order valence-electron chi connectivity index (χ4n) is 8.98. The Morgan fingerprint density at radius 3 is 1.09 bits per heavy atom. The number of ether oxygens (including phenoxy) is 1. The Labute approximate surface area is 405 Å². The zero-order chi connectivity index (χ0) is 47.2. The maximum absolute atomic E-state index is 12.4. The van der Waals surface area contributed by atoms with Crippen LogP contribution in [0.2, 0.25) is 0 Å². The summed E-state index contributed by atoms with van der Waals surface area (Å²) in [5, 5.41) is 23.0. The highest BCUT2D eigenvalue weighted by atomic mass is 16.5. The van der Waals surface area contributed by atoms with Gasteiger partial charge >= 0.3 is 5.97 Å². The van der Waals surface area contributed by atoms with E-state index in [1.807, 2.05) is 6.08 Å². The van der Waals surface area contributed by atoms with E-state index in [0.717, 1.165) is 44.9 Å². The lowest BCUT2D eigenvalue weighted by molar-refractivity contribution is -0.143. The van der Waals surface area contributed by atoms with Gasteiger partial charge in [-0.15, -0.1) is 0 Å². The minimum absolute atomic E-state index is 0.00524. The number of allylic oxidation sites excluding steroid dienone is 3. The molecule has 0 saturated carbocycles. The van der Waals surface area contributed by atoms with Crippen molar-refractivity contribution in [3.63, 3.8) is 0 Å². The Morgan fingerprint density at radius 1 is 0.415 bits per heavy atom. The standard InChI is InChI=1S/C59H113NO5/c1-3-5-7-9-11-13-15-16-17-27-30-33-37-41-45-49-53-59(64)65-54-50-46-42-38-34-31-28-25-23-21-19-18-20-22-24-26-29-32-36-40-44-48-52-58(63)60-56(55-61)57(62)51-47-43-39-35-14-12-10-8-6-4-2/h17,27,47,51,56-57,61-62H,3-16,18-26,28-46,48-50,52-55H2,1-2H3,(H,60,63)/b27-17-,51-47+. The Kier molecular flexibility index (Phi) is 53.5. The molecule has 0 aromatic rings. The first-order chi connectivity index (χ1) is 32.0. The predicted octanol–water partition coefficient (Wildman–Crippen LogP) is 17.9. The average Bonchev–Trinajstić information content (AvgIpc) is 3.31. The highest BCUT2D eigenvalue weighted by Crippen LogP contribution is 2.17. The number of hydrogen-bond acceptors (Lipinski definition) is 5. The number of nitrogens with one attached hydrogen (secondary N) is 1. The second-order valence-electron chi connectivity index (χ2n) is 20.0. The fourth-order valence-corrected chi connectivity index (χ4v) is 8.98. The van der Waals surface area contributed by atoms with Crippen LogP contribution in [0.5, 0.6) is 0 Å². The molecule has 0 aliphatic carbocycles. The van der Waals surface area contributed by atoms with Gasteiger partial charge in [0.1, 0.15) is 0 Å². The summed E-state index contributed by atoms with van der Waals surface area (Å²) >= 11 is 0. The van der Waals surface area contributed by atoms with E-state index in [4.69, 9.17) is 4.74 Å². The maximum atomic E-state index is 12.4. The predicted molar refractivity (Wildman–Crippen MR) is 283 cm³/mol. The van der Waals surface area contributed by atoms with Crippen molar-refractivity contribution in [2.45, 2.75) is 328 Å². The Balaban J connectivity index is 3.36. The monoisotopic (exact) mass is 916 g/mol. The summed E-state index contributed by atoms with van der Waals surface area (Å²) in [6.45, 7) is 4.89. The molecule has 0 bridgehead atoms. The number of rotatable bonds is 54. The van der Waals surface area contributed by atoms with Crippen molar-refractivity contribution in [1.82, 2.24) is 5.32 Å². The third-order valence-electron chi connectivity index (χ3n) is 13.5. The summed E-state index contributed by atoms with van der Waals surface area (Å²) in [6, 6.07) is -0.626. The van der Waals surface area contributed by atoms with Crippen LogP contribution >= 0.6 is 0 Å². The summed E-state index contributed by atoms with van der Waals surface area (Å²) < 4.78 is 5.48. The maximum Gasteiger partial charge on any atom is 0.305 e. The molecular formula is C59H113NO5. The molecule has 0 aromatic heterocycles. The summed E-state index contributed by atoms with van der Waals surface area (Å²) in [5.74, 6) is -0.0644. The second-order valence-corrected chi connectivity index (χ2v) is 20.0. The molecule has 0 rings (SSSR count). The zero-order valence-electron chi connectivity index (χ0n) is 43.7. The molecule has 384 valence electrons. The van der Waals surface area contributed by atoms with Gasteiger partial charge in [0.25, 0.3) is 0 Å². The number of unbranched alkanes of at least 4 members (excludes halogenated alkanes) is 41. The Bertz CT molecular complexity index is 1010. The van der Waals surface area contributed by atoms with Crippen LogP contribution < -0.4 is 5.32 Å². The average molecular weight is 917 g/mol. The number of carbonyl (C=O) groups excluding carboxylic acids is 2. The molecule has 0 fully saturated rings. The van der Waals surface area contributed by atoms with E-state index in [1.54, 1.807) is 6.08 Å². The van der Waals surface area contributed by atoms with E-state index < -0.39 is 12.1 Å². The summed E-state index contributed by atoms with van der Waals surface area (Å²) in [5.41, 5.74) is 0. The molecule has 0 aromatic carbocycles. The minimum Gasteiger partial charge on any atom is -0.466 e. The van der Waals surface area contributed by atoms with Crippen LogP contribution in [0.25, 0.3) is 0 Å². The first kappa shape index (κ1) is 63.3. The van der Waals surface area contributed by atoms with Gasteiger partial charge in [-0.1, -0.05) is 269 Å². The van der Waals surface area contributed by atoms with E-state index >= 15 is 0 Å². The van der Waals surface area contributed by atoms with Gasteiger partial charge in [-0.3, -0.25) is 9.59 Å². The van der Waals surface area contributed by atoms with Crippen LogP contribution in [-0.4, -0.2) is 47.4 Å². The van der Waals surface area contributed by atoms with Crippen molar-refractivity contribution in [3.05, 3.63) is 24.3 Å². The van der Waals surface area contributed by atoms with Crippen LogP contribution in [0.1, 0.15) is 316 Å². The second kappa shape index (κ2) is 54.9. The fraction of sp³-hybridized carbons (Fsp3) is 0.898. The van der Waals surface area contributed by atoms with Gasteiger partial charge in [0.05, 0.1) is 25.4 Å². The van der Waals surface area contributed by atoms with Crippen LogP contribution in [-0.2, 0) is 14.3 Å². The first-order valence-corrected chi connectivity index (χ1v) is 29.1. The molecule has 0 aliphatic heterocycles. The molecule has 65 heavy (non-hydrogen) atoms. The third-order valence-corrected chi connectivity index (χ3v) is 13.5. The van der Waals surface area contributed by atoms with Gasteiger partial charge in [0, 0.05) is 12.8 Å². The third kappa shape index (κ3) is 51.6. The van der Waals surface area contributed by atoms with Crippen molar-refractivity contribution >= 4 is 11.9 Å². The summed E-state index contributed by atoms with van der Waals surface area (Å²) in [7, 11) is 0. The zero-order valence-corrected chi connectivity index (χ0v) is 43.7. The van der Waals surface area contributed by atoms with E-state index in [2.05, 4.69) is 31.3 Å². The van der Waals surface area contributed by atoms with Crippen molar-refractivity contribution in [3.8, 4) is 0 Å². The molecule has 0 radical (unpaired) electrons. The van der Waals surface area contributed by atoms with E-state index in [0.29, 0.717) is 19.4 Å². The number of esters is 1. The Morgan fingerprint density at radius 2 is 0.723 bits per heavy atom. The normalized spacial score (nSPS) is 12.7.